The van der Waals surface area contributed by atoms with E-state index in [-0.39, 0.29) is 11.8 Å². The van der Waals surface area contributed by atoms with Gasteiger partial charge in [-0.1, -0.05) is 19.8 Å². The van der Waals surface area contributed by atoms with Crippen LogP contribution < -0.4 is 4.72 Å². The molecule has 0 fully saturated rings. The second-order valence-corrected chi connectivity index (χ2v) is 5.17. The smallest absolute Gasteiger partial charge is 0.211 e. The van der Waals surface area contributed by atoms with Gasteiger partial charge in [-0.05, 0) is 20.3 Å². The van der Waals surface area contributed by atoms with Crippen molar-refractivity contribution in [2.24, 2.45) is 0 Å². The first kappa shape index (κ1) is 11.9. The van der Waals surface area contributed by atoms with Crippen LogP contribution >= 0.6 is 0 Å². The van der Waals surface area contributed by atoms with E-state index < -0.39 is 10.0 Å². The molecule has 0 spiro atoms. The molecule has 0 aliphatic carbocycles. The third kappa shape index (κ3) is 6.61. The summed E-state index contributed by atoms with van der Waals surface area (Å²) >= 11 is 0. The van der Waals surface area contributed by atoms with E-state index in [2.05, 4.69) is 11.6 Å². The highest BCUT2D eigenvalue weighted by Crippen LogP contribution is 1.98. The van der Waals surface area contributed by atoms with E-state index in [1.54, 1.807) is 0 Å². The molecule has 0 aromatic rings. The number of nitrogens with one attached hydrogen (secondary N) is 1. The molecular weight excluding hydrogens is 174 g/mol. The molecule has 0 saturated carbocycles. The van der Waals surface area contributed by atoms with Crippen LogP contribution in [0.2, 0.25) is 0 Å². The second-order valence-electron chi connectivity index (χ2n) is 3.30. The van der Waals surface area contributed by atoms with Crippen LogP contribution in [-0.4, -0.2) is 20.2 Å². The molecule has 0 unspecified atom stereocenters. The predicted octanol–water partition coefficient (Wildman–Crippen LogP) is 1.50. The summed E-state index contributed by atoms with van der Waals surface area (Å²) in [6.07, 6.45) is 2.80. The highest BCUT2D eigenvalue weighted by Gasteiger charge is 2.10. The molecule has 0 aromatic heterocycles. The van der Waals surface area contributed by atoms with E-state index >= 15 is 0 Å². The van der Waals surface area contributed by atoms with Gasteiger partial charge >= 0.3 is 0 Å². The van der Waals surface area contributed by atoms with Crippen molar-refractivity contribution >= 4 is 10.0 Å². The minimum absolute atomic E-state index is 0.0108. The van der Waals surface area contributed by atoms with Crippen molar-refractivity contribution < 1.29 is 8.42 Å². The molecule has 0 bridgehead atoms. The van der Waals surface area contributed by atoms with E-state index in [9.17, 15) is 8.42 Å². The third-order valence-corrected chi connectivity index (χ3v) is 3.09. The molecule has 0 saturated heterocycles. The van der Waals surface area contributed by atoms with E-state index in [1.807, 2.05) is 13.8 Å². The molecule has 0 aliphatic heterocycles. The van der Waals surface area contributed by atoms with Crippen molar-refractivity contribution in [3.05, 3.63) is 0 Å². The zero-order valence-electron chi connectivity index (χ0n) is 8.13. The highest BCUT2D eigenvalue weighted by molar-refractivity contribution is 7.89. The van der Waals surface area contributed by atoms with Crippen molar-refractivity contribution in [1.82, 2.24) is 4.72 Å². The summed E-state index contributed by atoms with van der Waals surface area (Å²) in [5, 5.41) is 0. The van der Waals surface area contributed by atoms with Gasteiger partial charge in [0, 0.05) is 6.04 Å². The number of sulfonamides is 1. The van der Waals surface area contributed by atoms with Crippen LogP contribution in [0.1, 0.15) is 40.0 Å². The van der Waals surface area contributed by atoms with Crippen LogP contribution in [0.5, 0.6) is 0 Å². The molecule has 0 aliphatic rings. The topological polar surface area (TPSA) is 46.2 Å². The maximum Gasteiger partial charge on any atom is 0.211 e. The summed E-state index contributed by atoms with van der Waals surface area (Å²) in [5.74, 6) is 0.263. The Hall–Kier alpha value is -0.0900. The number of hydrogen-bond acceptors (Lipinski definition) is 2. The van der Waals surface area contributed by atoms with Crippen molar-refractivity contribution in [3.8, 4) is 0 Å². The molecule has 74 valence electrons. The lowest BCUT2D eigenvalue weighted by atomic mass is 10.3. The minimum atomic E-state index is -3.00. The van der Waals surface area contributed by atoms with Gasteiger partial charge in [0.25, 0.3) is 0 Å². The van der Waals surface area contributed by atoms with E-state index in [1.165, 1.54) is 0 Å². The largest absolute Gasteiger partial charge is 0.213 e. The fraction of sp³-hybridized carbons (Fsp3) is 1.00. The van der Waals surface area contributed by atoms with Gasteiger partial charge < -0.3 is 0 Å². The van der Waals surface area contributed by atoms with Crippen molar-refractivity contribution in [2.75, 3.05) is 5.75 Å². The minimum Gasteiger partial charge on any atom is -0.213 e. The SMILES string of the molecule is CCCCCS(=O)(=O)NC(C)C. The zero-order valence-corrected chi connectivity index (χ0v) is 8.95. The van der Waals surface area contributed by atoms with E-state index in [0.29, 0.717) is 0 Å². The highest BCUT2D eigenvalue weighted by atomic mass is 32.2. The van der Waals surface area contributed by atoms with Gasteiger partial charge in [-0.2, -0.15) is 0 Å². The van der Waals surface area contributed by atoms with Gasteiger partial charge in [0.15, 0.2) is 0 Å². The summed E-state index contributed by atoms with van der Waals surface area (Å²) in [6.45, 7) is 5.72. The van der Waals surface area contributed by atoms with Gasteiger partial charge in [-0.25, -0.2) is 13.1 Å². The fourth-order valence-corrected chi connectivity index (χ4v) is 2.38. The maximum absolute atomic E-state index is 11.2. The Kier molecular flexibility index (Phi) is 5.50. The first-order valence-corrected chi connectivity index (χ1v) is 6.13. The van der Waals surface area contributed by atoms with Gasteiger partial charge in [0.2, 0.25) is 10.0 Å². The Balaban J connectivity index is 3.73. The van der Waals surface area contributed by atoms with E-state index in [4.69, 9.17) is 0 Å². The molecule has 4 heteroatoms. The quantitative estimate of drug-likeness (QED) is 0.650. The number of hydrogen-bond donors (Lipinski definition) is 1. The molecule has 0 atom stereocenters. The normalized spacial score (nSPS) is 12.3. The molecular formula is C8H19NO2S. The summed E-state index contributed by atoms with van der Waals surface area (Å²) in [6, 6.07) is 0.0108. The summed E-state index contributed by atoms with van der Waals surface area (Å²) in [7, 11) is -3.00. The van der Waals surface area contributed by atoms with Gasteiger partial charge in [0.1, 0.15) is 0 Å². The number of unbranched alkanes of at least 4 members (excludes halogenated alkanes) is 2. The van der Waals surface area contributed by atoms with Crippen LogP contribution in [0.3, 0.4) is 0 Å². The lowest BCUT2D eigenvalue weighted by Gasteiger charge is -2.08. The van der Waals surface area contributed by atoms with Gasteiger partial charge in [-0.15, -0.1) is 0 Å². The van der Waals surface area contributed by atoms with Crippen molar-refractivity contribution in [3.63, 3.8) is 0 Å². The molecule has 0 rings (SSSR count). The van der Waals surface area contributed by atoms with Crippen molar-refractivity contribution in [2.45, 2.75) is 46.1 Å². The summed E-state index contributed by atoms with van der Waals surface area (Å²) in [4.78, 5) is 0. The molecule has 1 N–H and O–H groups in total. The molecule has 12 heavy (non-hydrogen) atoms. The predicted molar refractivity (Wildman–Crippen MR) is 51.6 cm³/mol. The van der Waals surface area contributed by atoms with E-state index in [0.717, 1.165) is 19.3 Å². The molecule has 3 nitrogen and oxygen atoms in total. The van der Waals surface area contributed by atoms with Crippen LogP contribution in [0.15, 0.2) is 0 Å². The summed E-state index contributed by atoms with van der Waals surface area (Å²) < 4.78 is 25.0. The second kappa shape index (κ2) is 5.54. The third-order valence-electron chi connectivity index (χ3n) is 1.43. The van der Waals surface area contributed by atoms with Gasteiger partial charge in [-0.3, -0.25) is 0 Å². The monoisotopic (exact) mass is 193 g/mol. The molecule has 0 amide bonds. The fourth-order valence-electron chi connectivity index (χ4n) is 0.960. The Labute approximate surface area is 75.6 Å². The standard InChI is InChI=1S/C8H19NO2S/c1-4-5-6-7-12(10,11)9-8(2)3/h8-9H,4-7H2,1-3H3. The van der Waals surface area contributed by atoms with Crippen LogP contribution in [-0.2, 0) is 10.0 Å². The molecule has 0 radical (unpaired) electrons. The van der Waals surface area contributed by atoms with Crippen LogP contribution in [0, 0.1) is 0 Å². The Bertz CT molecular complexity index is 197. The first-order chi connectivity index (χ1) is 5.48. The van der Waals surface area contributed by atoms with Crippen molar-refractivity contribution in [1.29, 1.82) is 0 Å². The first-order valence-electron chi connectivity index (χ1n) is 4.48. The van der Waals surface area contributed by atoms with Crippen LogP contribution in [0.4, 0.5) is 0 Å². The Morgan fingerprint density at radius 3 is 2.25 bits per heavy atom. The number of rotatable bonds is 6. The average molecular weight is 193 g/mol. The Morgan fingerprint density at radius 1 is 1.25 bits per heavy atom. The Morgan fingerprint density at radius 2 is 1.83 bits per heavy atom. The zero-order chi connectivity index (χ0) is 9.61. The average Bonchev–Trinajstić information content (AvgIpc) is 1.84. The summed E-state index contributed by atoms with van der Waals surface area (Å²) in [5.41, 5.74) is 0. The van der Waals surface area contributed by atoms with Crippen LogP contribution in [0.25, 0.3) is 0 Å². The van der Waals surface area contributed by atoms with Gasteiger partial charge in [0.05, 0.1) is 5.75 Å². The molecule has 0 aromatic carbocycles. The lowest BCUT2D eigenvalue weighted by molar-refractivity contribution is 0.565. The lowest BCUT2D eigenvalue weighted by Crippen LogP contribution is -2.32. The maximum atomic E-state index is 11.2. The molecule has 0 heterocycles.